The van der Waals surface area contributed by atoms with Gasteiger partial charge in [-0.15, -0.1) is 0 Å². The highest BCUT2D eigenvalue weighted by Gasteiger charge is 2.25. The summed E-state index contributed by atoms with van der Waals surface area (Å²) in [7, 11) is 3.14. The summed E-state index contributed by atoms with van der Waals surface area (Å²) in [6, 6.07) is 18.0. The normalized spacial score (nSPS) is 16.4. The number of benzene rings is 3. The van der Waals surface area contributed by atoms with Gasteiger partial charge in [0.2, 0.25) is 0 Å². The summed E-state index contributed by atoms with van der Waals surface area (Å²) < 4.78 is 22.5. The second-order valence-electron chi connectivity index (χ2n) is 10.9. The fraction of sp³-hybridized carbons (Fsp3) is 0.294. The fourth-order valence-corrected chi connectivity index (χ4v) is 5.80. The third kappa shape index (κ3) is 5.73. The number of aromatic nitrogens is 1. The SMILES string of the molecule is COc1cc(-c2cccc(-c3cccc(NC(=O)c4cccn(C)c4=O)c3C)c2C)cc(F)c1CN[C@@H]1CCC[C@@H]1O. The van der Waals surface area contributed by atoms with Crippen molar-refractivity contribution >= 4 is 11.6 Å². The Balaban J connectivity index is 1.45. The number of hydrogen-bond acceptors (Lipinski definition) is 5. The molecular formula is C34H36FN3O4. The van der Waals surface area contributed by atoms with Gasteiger partial charge in [0.15, 0.2) is 0 Å². The maximum absolute atomic E-state index is 15.5. The first kappa shape index (κ1) is 29.2. The van der Waals surface area contributed by atoms with E-state index in [1.165, 1.54) is 23.8 Å². The Bertz CT molecular complexity index is 1700. The molecule has 0 unspecified atom stereocenters. The highest BCUT2D eigenvalue weighted by atomic mass is 19.1. The molecule has 1 heterocycles. The molecule has 4 aromatic rings. The standard InChI is InChI=1S/C34H36FN3O4/c1-20-23(22-17-28(35)27(32(18-22)42-4)19-36-30-14-7-15-31(30)39)9-5-10-24(20)25-11-6-13-29(21(25)2)37-33(40)26-12-8-16-38(3)34(26)41/h5-6,8-13,16-18,30-31,36,39H,7,14-15,19H2,1-4H3,(H,37,40)/t30-,31+/m1/s1. The number of aliphatic hydroxyl groups excluding tert-OH is 1. The molecule has 0 saturated heterocycles. The van der Waals surface area contributed by atoms with Crippen LogP contribution in [0.3, 0.4) is 0 Å². The van der Waals surface area contributed by atoms with Crippen LogP contribution in [0.2, 0.25) is 0 Å². The van der Waals surface area contributed by atoms with Crippen molar-refractivity contribution in [2.75, 3.05) is 12.4 Å². The zero-order chi connectivity index (χ0) is 30.0. The van der Waals surface area contributed by atoms with Crippen molar-refractivity contribution in [3.05, 3.63) is 105 Å². The van der Waals surface area contributed by atoms with Crippen LogP contribution in [0, 0.1) is 19.7 Å². The number of rotatable bonds is 8. The van der Waals surface area contributed by atoms with Gasteiger partial charge in [-0.25, -0.2) is 4.39 Å². The minimum atomic E-state index is -0.471. The van der Waals surface area contributed by atoms with Crippen molar-refractivity contribution in [2.45, 2.75) is 51.8 Å². The van der Waals surface area contributed by atoms with Gasteiger partial charge >= 0.3 is 0 Å². The number of methoxy groups -OCH3 is 1. The van der Waals surface area contributed by atoms with Gasteiger partial charge in [-0.2, -0.15) is 0 Å². The number of amides is 1. The van der Waals surface area contributed by atoms with E-state index >= 15 is 4.39 Å². The summed E-state index contributed by atoms with van der Waals surface area (Å²) in [5.74, 6) is -0.397. The van der Waals surface area contributed by atoms with E-state index in [4.69, 9.17) is 4.74 Å². The number of aliphatic hydroxyl groups is 1. The maximum atomic E-state index is 15.5. The van der Waals surface area contributed by atoms with Crippen molar-refractivity contribution in [1.82, 2.24) is 9.88 Å². The quantitative estimate of drug-likeness (QED) is 0.252. The maximum Gasteiger partial charge on any atom is 0.263 e. The first-order valence-electron chi connectivity index (χ1n) is 14.1. The van der Waals surface area contributed by atoms with E-state index in [0.717, 1.165) is 47.1 Å². The molecule has 1 aromatic heterocycles. The summed E-state index contributed by atoms with van der Waals surface area (Å²) >= 11 is 0. The molecule has 42 heavy (non-hydrogen) atoms. The molecule has 0 radical (unpaired) electrons. The number of carbonyl (C=O) groups is 1. The summed E-state index contributed by atoms with van der Waals surface area (Å²) in [5.41, 5.74) is 5.93. The molecule has 1 amide bonds. The lowest BCUT2D eigenvalue weighted by Crippen LogP contribution is -2.35. The third-order valence-electron chi connectivity index (χ3n) is 8.28. The lowest BCUT2D eigenvalue weighted by atomic mass is 9.90. The molecule has 0 spiro atoms. The van der Waals surface area contributed by atoms with E-state index in [-0.39, 0.29) is 29.5 Å². The van der Waals surface area contributed by atoms with Gasteiger partial charge in [-0.3, -0.25) is 9.59 Å². The molecule has 1 saturated carbocycles. The van der Waals surface area contributed by atoms with Crippen LogP contribution < -0.4 is 20.9 Å². The summed E-state index contributed by atoms with van der Waals surface area (Å²) in [4.78, 5) is 25.4. The lowest BCUT2D eigenvalue weighted by molar-refractivity contribution is 0.102. The number of nitrogens with one attached hydrogen (secondary N) is 2. The van der Waals surface area contributed by atoms with E-state index in [0.29, 0.717) is 22.6 Å². The molecule has 7 nitrogen and oxygen atoms in total. The first-order chi connectivity index (χ1) is 20.2. The number of ether oxygens (including phenoxy) is 1. The van der Waals surface area contributed by atoms with E-state index in [1.807, 2.05) is 50.2 Å². The van der Waals surface area contributed by atoms with E-state index in [1.54, 1.807) is 25.4 Å². The van der Waals surface area contributed by atoms with Crippen molar-refractivity contribution < 1.29 is 19.0 Å². The number of nitrogens with zero attached hydrogens (tertiary/aromatic N) is 1. The highest BCUT2D eigenvalue weighted by Crippen LogP contribution is 2.38. The van der Waals surface area contributed by atoms with Gasteiger partial charge in [0.1, 0.15) is 17.1 Å². The molecule has 3 N–H and O–H groups in total. The average molecular weight is 570 g/mol. The molecule has 218 valence electrons. The smallest absolute Gasteiger partial charge is 0.263 e. The van der Waals surface area contributed by atoms with Crippen LogP contribution in [-0.2, 0) is 13.6 Å². The molecule has 1 aliphatic carbocycles. The van der Waals surface area contributed by atoms with Crippen LogP contribution in [0.15, 0.2) is 71.7 Å². The Morgan fingerprint density at radius 1 is 1.02 bits per heavy atom. The largest absolute Gasteiger partial charge is 0.496 e. The molecule has 0 aliphatic heterocycles. The molecular weight excluding hydrogens is 533 g/mol. The average Bonchev–Trinajstić information content (AvgIpc) is 3.39. The van der Waals surface area contributed by atoms with Gasteiger partial charge in [0.05, 0.1) is 13.2 Å². The van der Waals surface area contributed by atoms with Crippen molar-refractivity contribution in [3.63, 3.8) is 0 Å². The number of halogens is 1. The second kappa shape index (κ2) is 12.3. The molecule has 2 atom stereocenters. The number of anilines is 1. The number of carbonyl (C=O) groups excluding carboxylic acids is 1. The Morgan fingerprint density at radius 2 is 1.74 bits per heavy atom. The zero-order valence-electron chi connectivity index (χ0n) is 24.3. The van der Waals surface area contributed by atoms with Crippen LogP contribution >= 0.6 is 0 Å². The molecule has 1 fully saturated rings. The third-order valence-corrected chi connectivity index (χ3v) is 8.28. The molecule has 8 heteroatoms. The minimum absolute atomic E-state index is 0.0467. The number of pyridine rings is 1. The van der Waals surface area contributed by atoms with Gasteiger partial charge in [-0.05, 0) is 96.8 Å². The summed E-state index contributed by atoms with van der Waals surface area (Å²) in [5, 5.41) is 16.3. The van der Waals surface area contributed by atoms with E-state index in [9.17, 15) is 14.7 Å². The van der Waals surface area contributed by atoms with Crippen molar-refractivity contribution in [2.24, 2.45) is 7.05 Å². The Morgan fingerprint density at radius 3 is 2.45 bits per heavy atom. The van der Waals surface area contributed by atoms with Gasteiger partial charge in [0, 0.05) is 37.1 Å². The van der Waals surface area contributed by atoms with Crippen LogP contribution in [0.5, 0.6) is 5.75 Å². The Hall–Kier alpha value is -4.27. The van der Waals surface area contributed by atoms with Gasteiger partial charge < -0.3 is 25.0 Å². The van der Waals surface area contributed by atoms with Crippen molar-refractivity contribution in [3.8, 4) is 28.0 Å². The summed E-state index contributed by atoms with van der Waals surface area (Å²) in [6.45, 7) is 4.18. The molecule has 5 rings (SSSR count). The highest BCUT2D eigenvalue weighted by molar-refractivity contribution is 6.05. The van der Waals surface area contributed by atoms with Crippen LogP contribution in [0.4, 0.5) is 10.1 Å². The number of hydrogen-bond donors (Lipinski definition) is 3. The topological polar surface area (TPSA) is 92.6 Å². The monoisotopic (exact) mass is 569 g/mol. The van der Waals surface area contributed by atoms with Gasteiger partial charge in [-0.1, -0.05) is 30.3 Å². The summed E-state index contributed by atoms with van der Waals surface area (Å²) in [6.07, 6.45) is 3.77. The van der Waals surface area contributed by atoms with Gasteiger partial charge in [0.25, 0.3) is 11.5 Å². The van der Waals surface area contributed by atoms with Crippen molar-refractivity contribution in [1.29, 1.82) is 0 Å². The molecule has 1 aliphatic rings. The molecule has 3 aromatic carbocycles. The Labute approximate surface area is 245 Å². The minimum Gasteiger partial charge on any atom is -0.496 e. The second-order valence-corrected chi connectivity index (χ2v) is 10.9. The Kier molecular flexibility index (Phi) is 8.56. The van der Waals surface area contributed by atoms with Crippen LogP contribution in [-0.4, -0.2) is 34.8 Å². The predicted octanol–water partition coefficient (Wildman–Crippen LogP) is 5.74. The van der Waals surface area contributed by atoms with E-state index < -0.39 is 12.0 Å². The predicted molar refractivity (Wildman–Crippen MR) is 163 cm³/mol. The number of aryl methyl sites for hydroxylation is 1. The van der Waals surface area contributed by atoms with E-state index in [2.05, 4.69) is 10.6 Å². The van der Waals surface area contributed by atoms with Crippen LogP contribution in [0.1, 0.15) is 46.3 Å². The lowest BCUT2D eigenvalue weighted by Gasteiger charge is -2.20. The fourth-order valence-electron chi connectivity index (χ4n) is 5.80. The van der Waals surface area contributed by atoms with Crippen LogP contribution in [0.25, 0.3) is 22.3 Å². The first-order valence-corrected chi connectivity index (χ1v) is 14.1. The zero-order valence-corrected chi connectivity index (χ0v) is 24.3. The molecule has 0 bridgehead atoms.